The zero-order valence-electron chi connectivity index (χ0n) is 12.7. The van der Waals surface area contributed by atoms with Crippen LogP contribution in [0.4, 0.5) is 0 Å². The molecule has 1 amide bonds. The van der Waals surface area contributed by atoms with Crippen LogP contribution in [0, 0.1) is 0 Å². The normalized spacial score (nSPS) is 11.7. The molecule has 2 aromatic carbocycles. The van der Waals surface area contributed by atoms with Crippen LogP contribution in [0.25, 0.3) is 0 Å². The summed E-state index contributed by atoms with van der Waals surface area (Å²) in [5.74, 6) is -1.00. The van der Waals surface area contributed by atoms with E-state index >= 15 is 0 Å². The van der Waals surface area contributed by atoms with E-state index in [2.05, 4.69) is 21.2 Å². The maximum absolute atomic E-state index is 12.4. The molecule has 0 saturated carbocycles. The number of carbonyl (C=O) groups is 2. The van der Waals surface area contributed by atoms with Crippen LogP contribution in [-0.2, 0) is 16.0 Å². The average Bonchev–Trinajstić information content (AvgIpc) is 2.57. The van der Waals surface area contributed by atoms with Crippen molar-refractivity contribution in [2.75, 3.05) is 7.11 Å². The third-order valence-electron chi connectivity index (χ3n) is 3.34. The van der Waals surface area contributed by atoms with Crippen LogP contribution in [0.15, 0.2) is 46.9 Å². The largest absolute Gasteiger partial charge is 0.467 e. The highest BCUT2D eigenvalue weighted by molar-refractivity contribution is 9.10. The molecule has 0 radical (unpaired) electrons. The monoisotopic (exact) mass is 429 g/mol. The van der Waals surface area contributed by atoms with Crippen LogP contribution in [0.5, 0.6) is 0 Å². The number of amides is 1. The van der Waals surface area contributed by atoms with Crippen molar-refractivity contribution in [1.29, 1.82) is 0 Å². The highest BCUT2D eigenvalue weighted by Crippen LogP contribution is 2.23. The van der Waals surface area contributed by atoms with Crippen molar-refractivity contribution >= 4 is 51.0 Å². The lowest BCUT2D eigenvalue weighted by molar-refractivity contribution is -0.142. The van der Waals surface area contributed by atoms with E-state index in [9.17, 15) is 9.59 Å². The number of nitrogens with one attached hydrogen (secondary N) is 1. The maximum atomic E-state index is 12.4. The van der Waals surface area contributed by atoms with Gasteiger partial charge in [-0.25, -0.2) is 4.79 Å². The first-order chi connectivity index (χ1) is 11.4. The predicted molar refractivity (Wildman–Crippen MR) is 97.6 cm³/mol. The molecule has 0 heterocycles. The van der Waals surface area contributed by atoms with Crippen molar-refractivity contribution in [2.24, 2.45) is 0 Å². The smallest absolute Gasteiger partial charge is 0.328 e. The first kappa shape index (κ1) is 18.8. The van der Waals surface area contributed by atoms with Crippen molar-refractivity contribution < 1.29 is 14.3 Å². The minimum Gasteiger partial charge on any atom is -0.467 e. The molecule has 126 valence electrons. The maximum Gasteiger partial charge on any atom is 0.328 e. The van der Waals surface area contributed by atoms with Gasteiger partial charge in [0.2, 0.25) is 0 Å². The van der Waals surface area contributed by atoms with Crippen LogP contribution >= 0.6 is 39.1 Å². The molecule has 0 saturated heterocycles. The second-order valence-corrected chi connectivity index (χ2v) is 6.67. The van der Waals surface area contributed by atoms with E-state index in [-0.39, 0.29) is 6.42 Å². The number of esters is 1. The molecule has 7 heteroatoms. The van der Waals surface area contributed by atoms with Gasteiger partial charge in [-0.05, 0) is 35.9 Å². The zero-order valence-corrected chi connectivity index (χ0v) is 15.8. The number of rotatable bonds is 5. The standard InChI is InChI=1S/C17H14BrCl2NO3/c1-24-17(23)15(9-10-8-11(19)6-7-13(10)18)21-16(22)12-4-2-3-5-14(12)20/h2-8,15H,9H2,1H3,(H,21,22)/t15-/m1/s1. The summed E-state index contributed by atoms with van der Waals surface area (Å²) in [6.45, 7) is 0. The molecule has 0 unspecified atom stereocenters. The van der Waals surface area contributed by atoms with Gasteiger partial charge in [-0.15, -0.1) is 0 Å². The van der Waals surface area contributed by atoms with Crippen LogP contribution in [0.1, 0.15) is 15.9 Å². The summed E-state index contributed by atoms with van der Waals surface area (Å²) in [7, 11) is 1.27. The number of hydrogen-bond donors (Lipinski definition) is 1. The summed E-state index contributed by atoms with van der Waals surface area (Å²) >= 11 is 15.4. The summed E-state index contributed by atoms with van der Waals surface area (Å²) in [5.41, 5.74) is 1.07. The molecule has 0 fully saturated rings. The first-order valence-corrected chi connectivity index (χ1v) is 8.54. The molecule has 2 rings (SSSR count). The van der Waals surface area contributed by atoms with Gasteiger partial charge >= 0.3 is 5.97 Å². The molecule has 24 heavy (non-hydrogen) atoms. The van der Waals surface area contributed by atoms with Gasteiger partial charge in [0.05, 0.1) is 17.7 Å². The van der Waals surface area contributed by atoms with Gasteiger partial charge in [-0.1, -0.05) is 51.3 Å². The van der Waals surface area contributed by atoms with Crippen molar-refractivity contribution in [2.45, 2.75) is 12.5 Å². The van der Waals surface area contributed by atoms with Crippen molar-refractivity contribution in [3.8, 4) is 0 Å². The van der Waals surface area contributed by atoms with Gasteiger partial charge in [0.15, 0.2) is 0 Å². The number of ether oxygens (including phenoxy) is 1. The summed E-state index contributed by atoms with van der Waals surface area (Å²) in [5, 5.41) is 3.50. The Balaban J connectivity index is 2.23. The molecular formula is C17H14BrCl2NO3. The highest BCUT2D eigenvalue weighted by atomic mass is 79.9. The summed E-state index contributed by atoms with van der Waals surface area (Å²) in [4.78, 5) is 24.4. The Bertz CT molecular complexity index is 767. The summed E-state index contributed by atoms with van der Waals surface area (Å²) in [6.07, 6.45) is 0.226. The molecule has 0 aromatic heterocycles. The minimum absolute atomic E-state index is 0.226. The molecular weight excluding hydrogens is 417 g/mol. The Hall–Kier alpha value is -1.56. The van der Waals surface area contributed by atoms with E-state index in [1.54, 1.807) is 42.5 Å². The number of methoxy groups -OCH3 is 1. The van der Waals surface area contributed by atoms with E-state index in [0.717, 1.165) is 10.0 Å². The second-order valence-electron chi connectivity index (χ2n) is 4.97. The molecule has 0 aliphatic rings. The first-order valence-electron chi connectivity index (χ1n) is 6.99. The van der Waals surface area contributed by atoms with Gasteiger partial charge in [-0.2, -0.15) is 0 Å². The molecule has 1 atom stereocenters. The van der Waals surface area contributed by atoms with Crippen molar-refractivity contribution in [3.63, 3.8) is 0 Å². The Morgan fingerprint density at radius 2 is 1.92 bits per heavy atom. The Morgan fingerprint density at radius 3 is 2.58 bits per heavy atom. The van der Waals surface area contributed by atoms with E-state index in [1.165, 1.54) is 7.11 Å². The van der Waals surface area contributed by atoms with Gasteiger partial charge in [-0.3, -0.25) is 4.79 Å². The Kier molecular flexibility index (Phi) is 6.66. The highest BCUT2D eigenvalue weighted by Gasteiger charge is 2.24. The molecule has 0 spiro atoms. The number of benzene rings is 2. The Labute approximate surface area is 158 Å². The minimum atomic E-state index is -0.867. The molecule has 0 bridgehead atoms. The van der Waals surface area contributed by atoms with Crippen LogP contribution < -0.4 is 5.32 Å². The number of carbonyl (C=O) groups excluding carboxylic acids is 2. The van der Waals surface area contributed by atoms with E-state index in [0.29, 0.717) is 15.6 Å². The summed E-state index contributed by atoms with van der Waals surface area (Å²) < 4.78 is 5.57. The van der Waals surface area contributed by atoms with Gasteiger partial charge in [0, 0.05) is 15.9 Å². The lowest BCUT2D eigenvalue weighted by Crippen LogP contribution is -2.43. The number of halogens is 3. The fourth-order valence-electron chi connectivity index (χ4n) is 2.14. The topological polar surface area (TPSA) is 55.4 Å². The molecule has 1 N–H and O–H groups in total. The van der Waals surface area contributed by atoms with Gasteiger partial charge in [0.1, 0.15) is 6.04 Å². The molecule has 2 aromatic rings. The third kappa shape index (κ3) is 4.72. The lowest BCUT2D eigenvalue weighted by atomic mass is 10.1. The van der Waals surface area contributed by atoms with E-state index in [4.69, 9.17) is 27.9 Å². The molecule has 0 aliphatic heterocycles. The third-order valence-corrected chi connectivity index (χ3v) is 4.68. The quantitative estimate of drug-likeness (QED) is 0.720. The zero-order chi connectivity index (χ0) is 17.7. The predicted octanol–water partition coefficient (Wildman–Crippen LogP) is 4.27. The van der Waals surface area contributed by atoms with E-state index < -0.39 is 17.9 Å². The van der Waals surface area contributed by atoms with Crippen LogP contribution in [-0.4, -0.2) is 25.0 Å². The van der Waals surface area contributed by atoms with Crippen LogP contribution in [0.2, 0.25) is 10.0 Å². The average molecular weight is 431 g/mol. The summed E-state index contributed by atoms with van der Waals surface area (Å²) in [6, 6.07) is 11.0. The second kappa shape index (κ2) is 8.51. The van der Waals surface area contributed by atoms with Gasteiger partial charge in [0.25, 0.3) is 5.91 Å². The van der Waals surface area contributed by atoms with E-state index in [1.807, 2.05) is 0 Å². The Morgan fingerprint density at radius 1 is 1.21 bits per heavy atom. The van der Waals surface area contributed by atoms with Crippen LogP contribution in [0.3, 0.4) is 0 Å². The fraction of sp³-hybridized carbons (Fsp3) is 0.176. The number of hydrogen-bond acceptors (Lipinski definition) is 3. The molecule has 0 aliphatic carbocycles. The van der Waals surface area contributed by atoms with Crippen molar-refractivity contribution in [1.82, 2.24) is 5.32 Å². The molecule has 4 nitrogen and oxygen atoms in total. The SMILES string of the molecule is COC(=O)[C@@H](Cc1cc(Cl)ccc1Br)NC(=O)c1ccccc1Cl. The lowest BCUT2D eigenvalue weighted by Gasteiger charge is -2.18. The van der Waals surface area contributed by atoms with Crippen molar-refractivity contribution in [3.05, 3.63) is 68.1 Å². The van der Waals surface area contributed by atoms with Gasteiger partial charge < -0.3 is 10.1 Å². The fourth-order valence-corrected chi connectivity index (χ4v) is 2.96.